The van der Waals surface area contributed by atoms with E-state index >= 15 is 0 Å². The Morgan fingerprint density at radius 1 is 1.06 bits per heavy atom. The highest BCUT2D eigenvalue weighted by molar-refractivity contribution is 9.10. The summed E-state index contributed by atoms with van der Waals surface area (Å²) in [6, 6.07) is 16.3. The van der Waals surface area contributed by atoms with Gasteiger partial charge in [0.1, 0.15) is 11.9 Å². The molecule has 0 radical (unpaired) electrons. The van der Waals surface area contributed by atoms with Crippen LogP contribution in [0.3, 0.4) is 0 Å². The van der Waals surface area contributed by atoms with Crippen molar-refractivity contribution in [1.29, 1.82) is 0 Å². The molecular weight excluding hydrogens is 734 g/mol. The van der Waals surface area contributed by atoms with Crippen molar-refractivity contribution in [3.05, 3.63) is 87.4 Å². The van der Waals surface area contributed by atoms with E-state index in [1.54, 1.807) is 18.2 Å². The van der Waals surface area contributed by atoms with Crippen molar-refractivity contribution in [2.24, 2.45) is 15.9 Å². The summed E-state index contributed by atoms with van der Waals surface area (Å²) in [4.78, 5) is 35.4. The van der Waals surface area contributed by atoms with E-state index < -0.39 is 48.3 Å². The predicted octanol–water partition coefficient (Wildman–Crippen LogP) is 4.78. The van der Waals surface area contributed by atoms with E-state index in [-0.39, 0.29) is 42.7 Å². The van der Waals surface area contributed by atoms with Crippen LogP contribution in [0.4, 0.5) is 11.4 Å². The number of aliphatic carboxylic acids is 1. The van der Waals surface area contributed by atoms with Gasteiger partial charge in [-0.15, -0.1) is 0 Å². The topological polar surface area (TPSA) is 205 Å². The number of aliphatic hydroxyl groups is 3. The lowest BCUT2D eigenvalue weighted by molar-refractivity contribution is -0.144. The van der Waals surface area contributed by atoms with Gasteiger partial charge in [-0.2, -0.15) is 0 Å². The number of hydrogen-bond acceptors (Lipinski definition) is 11. The predicted molar refractivity (Wildman–Crippen MR) is 201 cm³/mol. The fourth-order valence-electron chi connectivity index (χ4n) is 6.38. The Labute approximate surface area is 311 Å². The van der Waals surface area contributed by atoms with Crippen LogP contribution in [0.1, 0.15) is 80.5 Å². The third-order valence-electron chi connectivity index (χ3n) is 9.17. The first-order chi connectivity index (χ1) is 24.6. The fraction of sp³-hybridized carbons (Fsp3) is 0.421. The number of carbonyl (C=O) groups is 2. The summed E-state index contributed by atoms with van der Waals surface area (Å²) in [5, 5.41) is 62.1. The first kappa shape index (κ1) is 38.9. The van der Waals surface area contributed by atoms with Crippen LogP contribution in [0.5, 0.6) is 5.75 Å². The number of aromatic hydroxyl groups is 1. The second-order valence-corrected chi connectivity index (χ2v) is 15.1. The number of hydrogen-bond donors (Lipinski definition) is 8. The molecule has 2 heterocycles. The van der Waals surface area contributed by atoms with Crippen LogP contribution < -0.4 is 16.0 Å². The van der Waals surface area contributed by atoms with Crippen LogP contribution in [-0.2, 0) is 19.7 Å². The van der Waals surface area contributed by atoms with Gasteiger partial charge in [0.05, 0.1) is 48.2 Å². The SMILES string of the molecule is COC1C(C(O)C[C@H](C(=O)O)C(NC(=O)CCC(O)c2cc(O)cc(NC3=NCC(O)CN3)c2)c2cc(Br)cc(C(C)(C)C)c2)=Nc2ccccc21. The number of β-amino-alcohol motifs (C(OH)–C–C–N with tert-alkyl or cyclic N) is 1. The number of carboxylic acids is 1. The minimum absolute atomic E-state index is 0.0382. The minimum Gasteiger partial charge on any atom is -0.508 e. The summed E-state index contributed by atoms with van der Waals surface area (Å²) in [5.41, 5.74) is 3.62. The Bertz CT molecular complexity index is 1840. The van der Waals surface area contributed by atoms with Gasteiger partial charge in [-0.3, -0.25) is 19.6 Å². The van der Waals surface area contributed by atoms with Crippen molar-refractivity contribution in [3.63, 3.8) is 0 Å². The van der Waals surface area contributed by atoms with Crippen LogP contribution in [-0.4, -0.2) is 81.5 Å². The summed E-state index contributed by atoms with van der Waals surface area (Å²) < 4.78 is 6.36. The molecule has 2 aliphatic heterocycles. The first-order valence-corrected chi connectivity index (χ1v) is 17.9. The Kier molecular flexibility index (Phi) is 12.4. The number of aliphatic imine (C=N–C) groups is 2. The average molecular weight is 781 g/mol. The highest BCUT2D eigenvalue weighted by Crippen LogP contribution is 2.39. The Balaban J connectivity index is 1.36. The van der Waals surface area contributed by atoms with Gasteiger partial charge in [0.15, 0.2) is 5.96 Å². The summed E-state index contributed by atoms with van der Waals surface area (Å²) in [7, 11) is 1.50. The molecule has 52 heavy (non-hydrogen) atoms. The number of aliphatic hydroxyl groups excluding tert-OH is 3. The van der Waals surface area contributed by atoms with Gasteiger partial charge in [-0.05, 0) is 65.3 Å². The number of fused-ring (bicyclic) bond motifs is 1. The molecule has 3 aromatic rings. The van der Waals surface area contributed by atoms with Gasteiger partial charge in [0.25, 0.3) is 0 Å². The molecule has 1 amide bonds. The summed E-state index contributed by atoms with van der Waals surface area (Å²) in [6.07, 6.45) is -4.19. The van der Waals surface area contributed by atoms with Gasteiger partial charge in [0.2, 0.25) is 5.91 Å². The molecule has 0 spiro atoms. The lowest BCUT2D eigenvalue weighted by Gasteiger charge is -2.30. The molecule has 0 bridgehead atoms. The monoisotopic (exact) mass is 779 g/mol. The van der Waals surface area contributed by atoms with Gasteiger partial charge < -0.3 is 46.2 Å². The molecule has 5 rings (SSSR count). The number of phenolic OH excluding ortho intramolecular Hbond substituents is 1. The molecule has 13 nitrogen and oxygen atoms in total. The summed E-state index contributed by atoms with van der Waals surface area (Å²) in [5.74, 6) is -2.73. The fourth-order valence-corrected chi connectivity index (χ4v) is 6.89. The molecule has 278 valence electrons. The lowest BCUT2D eigenvalue weighted by atomic mass is 9.82. The van der Waals surface area contributed by atoms with E-state index in [9.17, 15) is 35.1 Å². The van der Waals surface area contributed by atoms with E-state index in [0.29, 0.717) is 39.5 Å². The number of phenols is 1. The molecule has 0 aliphatic carbocycles. The largest absolute Gasteiger partial charge is 0.508 e. The number of methoxy groups -OCH3 is 1. The maximum Gasteiger partial charge on any atom is 0.309 e. The minimum atomic E-state index is -1.30. The molecule has 6 atom stereocenters. The molecule has 0 fully saturated rings. The Morgan fingerprint density at radius 2 is 1.81 bits per heavy atom. The van der Waals surface area contributed by atoms with Crippen LogP contribution >= 0.6 is 15.9 Å². The second kappa shape index (κ2) is 16.6. The maximum absolute atomic E-state index is 13.6. The van der Waals surface area contributed by atoms with Crippen LogP contribution in [0.25, 0.3) is 0 Å². The van der Waals surface area contributed by atoms with Crippen LogP contribution in [0.15, 0.2) is 75.1 Å². The van der Waals surface area contributed by atoms with Crippen molar-refractivity contribution < 1.29 is 39.9 Å². The van der Waals surface area contributed by atoms with Crippen LogP contribution in [0.2, 0.25) is 0 Å². The van der Waals surface area contributed by atoms with Crippen molar-refractivity contribution in [2.75, 3.05) is 25.5 Å². The zero-order valence-corrected chi connectivity index (χ0v) is 31.1. The van der Waals surface area contributed by atoms with Crippen molar-refractivity contribution >= 4 is 50.9 Å². The van der Waals surface area contributed by atoms with E-state index in [1.807, 2.05) is 51.1 Å². The lowest BCUT2D eigenvalue weighted by Crippen LogP contribution is -2.42. The quantitative estimate of drug-likeness (QED) is 0.119. The van der Waals surface area contributed by atoms with Crippen molar-refractivity contribution in [2.45, 2.75) is 75.9 Å². The molecule has 0 saturated heterocycles. The highest BCUT2D eigenvalue weighted by atomic mass is 79.9. The number of benzene rings is 3. The molecule has 5 unspecified atom stereocenters. The standard InChI is InChI=1S/C38H46BrN5O8/c1-38(2,3)22-11-21(12-23(39)15-22)33(28(36(50)51)17-31(48)34-35(52-4)27-7-5-6-8-29(27)43-34)44-32(49)10-9-30(47)20-13-24(16-25(45)14-20)42-37-40-18-26(46)19-41-37/h5-8,11-16,26,28,30-31,33,35,45-48H,9-10,17-19H2,1-4H3,(H,44,49)(H,50,51)(H2,40,41,42)/t28-,30?,31?,33?,35?/m0/s1. The molecular formula is C38H46BrN5O8. The molecule has 2 aliphatic rings. The molecule has 0 saturated carbocycles. The number of carboxylic acid groups (broad SMARTS) is 1. The molecule has 8 N–H and O–H groups in total. The van der Waals surface area contributed by atoms with Crippen molar-refractivity contribution in [3.8, 4) is 5.75 Å². The summed E-state index contributed by atoms with van der Waals surface area (Å²) in [6.45, 7) is 6.61. The number of guanidine groups is 1. The molecule has 3 aromatic carbocycles. The number of nitrogens with zero attached hydrogens (tertiary/aromatic N) is 2. The average Bonchev–Trinajstić information content (AvgIpc) is 3.47. The van der Waals surface area contributed by atoms with Crippen molar-refractivity contribution in [1.82, 2.24) is 10.6 Å². The second-order valence-electron chi connectivity index (χ2n) is 14.2. The van der Waals surface area contributed by atoms with E-state index in [0.717, 1.165) is 11.1 Å². The zero-order chi connectivity index (χ0) is 37.7. The van der Waals surface area contributed by atoms with Crippen LogP contribution in [0, 0.1) is 5.92 Å². The maximum atomic E-state index is 13.6. The zero-order valence-electron chi connectivity index (χ0n) is 29.5. The van der Waals surface area contributed by atoms with E-state index in [2.05, 4.69) is 41.9 Å². The number of ether oxygens (including phenoxy) is 1. The first-order valence-electron chi connectivity index (χ1n) is 17.1. The number of amides is 1. The number of carbonyl (C=O) groups excluding carboxylic acids is 1. The highest BCUT2D eigenvalue weighted by Gasteiger charge is 2.38. The van der Waals surface area contributed by atoms with Gasteiger partial charge in [-0.1, -0.05) is 61.0 Å². The molecule has 0 aromatic heterocycles. The number of halogens is 1. The number of anilines is 1. The smallest absolute Gasteiger partial charge is 0.309 e. The number of para-hydroxylation sites is 1. The third-order valence-corrected chi connectivity index (χ3v) is 9.63. The summed E-state index contributed by atoms with van der Waals surface area (Å²) >= 11 is 3.56. The number of nitrogens with one attached hydrogen (secondary N) is 3. The third kappa shape index (κ3) is 9.55. The van der Waals surface area contributed by atoms with Gasteiger partial charge >= 0.3 is 5.97 Å². The molecule has 14 heteroatoms. The van der Waals surface area contributed by atoms with Gasteiger partial charge in [0, 0.05) is 41.9 Å². The normalized spacial score (nSPS) is 19.3. The Hall–Kier alpha value is -4.34. The van der Waals surface area contributed by atoms with E-state index in [4.69, 9.17) is 4.74 Å². The Morgan fingerprint density at radius 3 is 2.48 bits per heavy atom. The van der Waals surface area contributed by atoms with Gasteiger partial charge in [-0.25, -0.2) is 0 Å². The number of rotatable bonds is 13. The van der Waals surface area contributed by atoms with E-state index in [1.165, 1.54) is 19.2 Å².